The van der Waals surface area contributed by atoms with E-state index in [0.29, 0.717) is 22.6 Å². The molecule has 1 aliphatic rings. The number of benzene rings is 2. The molecule has 0 N–H and O–H groups in total. The van der Waals surface area contributed by atoms with Gasteiger partial charge in [-0.3, -0.25) is 4.90 Å². The minimum Gasteiger partial charge on any atom is -0.547 e. The molecule has 1 aliphatic heterocycles. The summed E-state index contributed by atoms with van der Waals surface area (Å²) in [7, 11) is 2.90. The molecule has 3 atom stereocenters. The third-order valence-electron chi connectivity index (χ3n) is 4.76. The Labute approximate surface area is 248 Å². The van der Waals surface area contributed by atoms with Crippen LogP contribution in [0, 0.1) is 0 Å². The molecule has 0 spiro atoms. The van der Waals surface area contributed by atoms with Gasteiger partial charge in [-0.25, -0.2) is 4.79 Å². The van der Waals surface area contributed by atoms with Crippen LogP contribution < -0.4 is 66.0 Å². The number of carboxylic acids is 1. The van der Waals surface area contributed by atoms with Crippen molar-refractivity contribution in [1.29, 1.82) is 0 Å². The predicted octanol–water partition coefficient (Wildman–Crippen LogP) is 0.405. The van der Waals surface area contributed by atoms with Gasteiger partial charge in [0.1, 0.15) is 24.2 Å². The maximum atomic E-state index is 13.1. The molecule has 172 valence electrons. The molecule has 2 aromatic rings. The van der Waals surface area contributed by atoms with Gasteiger partial charge in [0, 0.05) is 11.6 Å². The third kappa shape index (κ3) is 6.90. The van der Waals surface area contributed by atoms with Crippen LogP contribution in [0.2, 0.25) is 0 Å². The number of methoxy groups -OCH3 is 2. The summed E-state index contributed by atoms with van der Waals surface area (Å²) < 4.78 is 19.7. The van der Waals surface area contributed by atoms with E-state index in [1.54, 1.807) is 48.5 Å². The molecule has 3 rings (SSSR count). The number of ether oxygens (including phenoxy) is 4. The first-order valence-electron chi connectivity index (χ1n) is 9.31. The first-order valence-corrected chi connectivity index (χ1v) is 10.4. The van der Waals surface area contributed by atoms with Crippen LogP contribution in [0.5, 0.6) is 11.5 Å². The van der Waals surface area contributed by atoms with Crippen LogP contribution in [0.1, 0.15) is 23.4 Å². The smallest absolute Gasteiger partial charge is 0.547 e. The third-order valence-corrected chi connectivity index (χ3v) is 5.09. The van der Waals surface area contributed by atoms with Gasteiger partial charge >= 0.3 is 57.5 Å². The van der Waals surface area contributed by atoms with E-state index in [4.69, 9.17) is 53.8 Å². The van der Waals surface area contributed by atoms with E-state index in [2.05, 4.69) is 0 Å². The molecule has 1 saturated heterocycles. The van der Waals surface area contributed by atoms with E-state index in [1.807, 2.05) is 0 Å². The quantitative estimate of drug-likeness (QED) is 0.385. The molecule has 0 saturated carbocycles. The summed E-state index contributed by atoms with van der Waals surface area (Å²) in [6.45, 7) is -0.559. The van der Waals surface area contributed by atoms with Gasteiger partial charge in [0.25, 0.3) is 0 Å². The SMILES string of the molecule is COc1ccc(C2O[C@@H](C(=O)[O-])[C@H](c3ccccc3)N2C(=O)OCC(Cl)(Cl)Cl)c(OC)c1.[K+]. The standard InChI is InChI=1S/C21H20Cl3NO7.K/c1-29-13-8-9-14(15(10-13)30-2)18-25(20(28)31-11-21(22,23)24)16(17(32-18)19(26)27)12-6-4-3-5-7-12;/h3-10,16-18H,11H2,1-2H3,(H,26,27);/q;+1/p-1/t16-,17+,18?;/m0./s1. The van der Waals surface area contributed by atoms with Crippen molar-refractivity contribution < 1.29 is 85.0 Å². The number of amides is 1. The fourth-order valence-corrected chi connectivity index (χ4v) is 3.58. The normalized spacial score (nSPS) is 20.0. The Morgan fingerprint density at radius 1 is 1.09 bits per heavy atom. The van der Waals surface area contributed by atoms with Crippen LogP contribution in [0.15, 0.2) is 48.5 Å². The van der Waals surface area contributed by atoms with Crippen molar-refractivity contribution >= 4 is 46.9 Å². The summed E-state index contributed by atoms with van der Waals surface area (Å²) in [4.78, 5) is 26.2. The number of rotatable bonds is 6. The number of hydrogen-bond donors (Lipinski definition) is 0. The molecule has 1 fully saturated rings. The van der Waals surface area contributed by atoms with Crippen LogP contribution >= 0.6 is 34.8 Å². The van der Waals surface area contributed by atoms with Gasteiger partial charge in [-0.15, -0.1) is 0 Å². The topological polar surface area (TPSA) is 97.4 Å². The Balaban J connectivity index is 0.00000385. The average molecular weight is 543 g/mol. The van der Waals surface area contributed by atoms with Crippen LogP contribution in [-0.2, 0) is 14.3 Å². The van der Waals surface area contributed by atoms with Gasteiger partial charge in [-0.05, 0) is 17.7 Å². The van der Waals surface area contributed by atoms with E-state index in [0.717, 1.165) is 4.90 Å². The summed E-state index contributed by atoms with van der Waals surface area (Å²) >= 11 is 17.2. The molecular formula is C21H19Cl3KNO7. The zero-order valence-electron chi connectivity index (χ0n) is 18.0. The summed E-state index contributed by atoms with van der Waals surface area (Å²) in [6.07, 6.45) is -3.65. The summed E-state index contributed by atoms with van der Waals surface area (Å²) in [5.41, 5.74) is 0.853. The van der Waals surface area contributed by atoms with E-state index >= 15 is 0 Å². The second-order valence-corrected chi connectivity index (χ2v) is 9.28. The first kappa shape index (κ1) is 28.5. The number of carboxylic acid groups (broad SMARTS) is 1. The minimum atomic E-state index is -1.86. The number of carbonyl (C=O) groups excluding carboxylic acids is 2. The Kier molecular flexibility index (Phi) is 10.6. The van der Waals surface area contributed by atoms with Gasteiger partial charge in [0.05, 0.1) is 26.2 Å². The van der Waals surface area contributed by atoms with Crippen molar-refractivity contribution in [3.8, 4) is 11.5 Å². The van der Waals surface area contributed by atoms with Crippen molar-refractivity contribution in [3.63, 3.8) is 0 Å². The molecule has 0 aliphatic carbocycles. The molecule has 12 heteroatoms. The van der Waals surface area contributed by atoms with Crippen LogP contribution in [0.25, 0.3) is 0 Å². The molecular weight excluding hydrogens is 524 g/mol. The molecule has 0 aromatic heterocycles. The molecule has 1 amide bonds. The summed E-state index contributed by atoms with van der Waals surface area (Å²) in [5.74, 6) is -0.711. The van der Waals surface area contributed by atoms with Crippen LogP contribution in [0.4, 0.5) is 4.79 Å². The first-order chi connectivity index (χ1) is 15.2. The van der Waals surface area contributed by atoms with Crippen molar-refractivity contribution in [2.45, 2.75) is 22.2 Å². The van der Waals surface area contributed by atoms with Gasteiger partial charge < -0.3 is 28.8 Å². The monoisotopic (exact) mass is 541 g/mol. The average Bonchev–Trinajstić information content (AvgIpc) is 3.18. The molecule has 1 unspecified atom stereocenters. The molecule has 8 nitrogen and oxygen atoms in total. The number of hydrogen-bond acceptors (Lipinski definition) is 7. The van der Waals surface area contributed by atoms with Crippen molar-refractivity contribution in [3.05, 3.63) is 59.7 Å². The molecule has 0 radical (unpaired) electrons. The number of halogens is 3. The maximum absolute atomic E-state index is 13.1. The van der Waals surface area contributed by atoms with E-state index in [1.165, 1.54) is 14.2 Å². The molecule has 2 aromatic carbocycles. The zero-order chi connectivity index (χ0) is 23.5. The molecule has 1 heterocycles. The zero-order valence-corrected chi connectivity index (χ0v) is 23.4. The summed E-state index contributed by atoms with van der Waals surface area (Å²) in [6, 6.07) is 12.2. The number of nitrogens with zero attached hydrogens (tertiary/aromatic N) is 1. The number of carbonyl (C=O) groups is 2. The van der Waals surface area contributed by atoms with Crippen molar-refractivity contribution in [2.24, 2.45) is 0 Å². The maximum Gasteiger partial charge on any atom is 1.00 e. The Morgan fingerprint density at radius 3 is 2.30 bits per heavy atom. The Bertz CT molecular complexity index is 974. The van der Waals surface area contributed by atoms with Gasteiger partial charge in [0.15, 0.2) is 6.23 Å². The Morgan fingerprint density at radius 2 is 1.76 bits per heavy atom. The summed E-state index contributed by atoms with van der Waals surface area (Å²) in [5, 5.41) is 12.0. The van der Waals surface area contributed by atoms with Gasteiger partial charge in [-0.1, -0.05) is 65.1 Å². The molecule has 33 heavy (non-hydrogen) atoms. The minimum absolute atomic E-state index is 0. The van der Waals surface area contributed by atoms with Crippen LogP contribution in [-0.4, -0.2) is 47.7 Å². The fraction of sp³-hybridized carbons (Fsp3) is 0.333. The van der Waals surface area contributed by atoms with E-state index in [9.17, 15) is 14.7 Å². The van der Waals surface area contributed by atoms with E-state index in [-0.39, 0.29) is 51.4 Å². The Hall–Kier alpha value is -0.754. The molecule has 0 bridgehead atoms. The van der Waals surface area contributed by atoms with Gasteiger partial charge in [-0.2, -0.15) is 0 Å². The largest absolute Gasteiger partial charge is 1.00 e. The van der Waals surface area contributed by atoms with Crippen molar-refractivity contribution in [1.82, 2.24) is 4.90 Å². The van der Waals surface area contributed by atoms with E-state index < -0.39 is 40.8 Å². The predicted molar refractivity (Wildman–Crippen MR) is 115 cm³/mol. The van der Waals surface area contributed by atoms with Gasteiger partial charge in [0.2, 0.25) is 3.79 Å². The van der Waals surface area contributed by atoms with Crippen molar-refractivity contribution in [2.75, 3.05) is 20.8 Å². The number of alkyl halides is 3. The second kappa shape index (κ2) is 12.3. The number of aliphatic carboxylic acids is 1. The fourth-order valence-electron chi connectivity index (χ4n) is 3.41. The second-order valence-electron chi connectivity index (χ2n) is 6.77. The van der Waals surface area contributed by atoms with Crippen LogP contribution in [0.3, 0.4) is 0 Å².